The summed E-state index contributed by atoms with van der Waals surface area (Å²) in [7, 11) is 1.65. The van der Waals surface area contributed by atoms with E-state index in [2.05, 4.69) is 17.4 Å². The molecular formula is C24H27NO3. The first-order chi connectivity index (χ1) is 13.8. The Balaban J connectivity index is 1.49. The maximum absolute atomic E-state index is 10.2. The third kappa shape index (κ3) is 5.84. The molecule has 3 rings (SSSR count). The second kappa shape index (κ2) is 10.5. The second-order valence-electron chi connectivity index (χ2n) is 6.63. The van der Waals surface area contributed by atoms with Crippen molar-refractivity contribution in [1.82, 2.24) is 5.32 Å². The van der Waals surface area contributed by atoms with E-state index in [4.69, 9.17) is 9.47 Å². The molecule has 0 aliphatic carbocycles. The van der Waals surface area contributed by atoms with E-state index in [1.807, 2.05) is 66.7 Å². The van der Waals surface area contributed by atoms with Crippen molar-refractivity contribution in [2.24, 2.45) is 0 Å². The molecule has 0 aromatic heterocycles. The number of methoxy groups -OCH3 is 1. The fraction of sp³-hybridized carbons (Fsp3) is 0.250. The first-order valence-electron chi connectivity index (χ1n) is 9.53. The Hall–Kier alpha value is -2.82. The van der Waals surface area contributed by atoms with Gasteiger partial charge in [0.05, 0.1) is 19.8 Å². The van der Waals surface area contributed by atoms with E-state index < -0.39 is 6.10 Å². The van der Waals surface area contributed by atoms with Gasteiger partial charge in [-0.3, -0.25) is 0 Å². The summed E-state index contributed by atoms with van der Waals surface area (Å²) in [6, 6.07) is 25.9. The SMILES string of the molecule is COc1cc(CNCC(O)c2ccccc2)ccc1OCCc1ccccc1. The van der Waals surface area contributed by atoms with Gasteiger partial charge in [0.25, 0.3) is 0 Å². The van der Waals surface area contributed by atoms with Gasteiger partial charge in [0.2, 0.25) is 0 Å². The van der Waals surface area contributed by atoms with E-state index in [9.17, 15) is 5.11 Å². The van der Waals surface area contributed by atoms with Gasteiger partial charge in [0.15, 0.2) is 11.5 Å². The number of aliphatic hydroxyl groups excluding tert-OH is 1. The Bertz CT molecular complexity index is 837. The van der Waals surface area contributed by atoms with Crippen LogP contribution in [-0.2, 0) is 13.0 Å². The topological polar surface area (TPSA) is 50.7 Å². The molecule has 0 aliphatic heterocycles. The minimum absolute atomic E-state index is 0.488. The highest BCUT2D eigenvalue weighted by Crippen LogP contribution is 2.28. The van der Waals surface area contributed by atoms with E-state index >= 15 is 0 Å². The molecule has 4 nitrogen and oxygen atoms in total. The number of hydrogen-bond acceptors (Lipinski definition) is 4. The number of ether oxygens (including phenoxy) is 2. The van der Waals surface area contributed by atoms with Crippen molar-refractivity contribution < 1.29 is 14.6 Å². The van der Waals surface area contributed by atoms with Crippen LogP contribution in [0.5, 0.6) is 11.5 Å². The molecule has 0 fully saturated rings. The summed E-state index contributed by atoms with van der Waals surface area (Å²) in [6.45, 7) is 1.73. The predicted molar refractivity (Wildman–Crippen MR) is 112 cm³/mol. The summed E-state index contributed by atoms with van der Waals surface area (Å²) in [6.07, 6.45) is 0.327. The standard InChI is InChI=1S/C24H27NO3/c1-27-24-16-20(17-25-18-22(26)21-10-6-3-7-11-21)12-13-23(24)28-15-14-19-8-4-2-5-9-19/h2-13,16,22,25-26H,14-15,17-18H2,1H3. The van der Waals surface area contributed by atoms with Crippen LogP contribution in [0.4, 0.5) is 0 Å². The zero-order valence-electron chi connectivity index (χ0n) is 16.2. The number of aliphatic hydroxyl groups is 1. The Morgan fingerprint density at radius 3 is 2.29 bits per heavy atom. The molecule has 0 heterocycles. The van der Waals surface area contributed by atoms with Crippen LogP contribution in [0, 0.1) is 0 Å². The van der Waals surface area contributed by atoms with Crippen LogP contribution in [0.1, 0.15) is 22.8 Å². The van der Waals surface area contributed by atoms with Crippen LogP contribution < -0.4 is 14.8 Å². The lowest BCUT2D eigenvalue weighted by atomic mass is 10.1. The first kappa shape index (κ1) is 19.9. The summed E-state index contributed by atoms with van der Waals surface area (Å²) in [4.78, 5) is 0. The molecule has 0 spiro atoms. The van der Waals surface area contributed by atoms with Crippen LogP contribution in [0.3, 0.4) is 0 Å². The van der Waals surface area contributed by atoms with E-state index in [1.54, 1.807) is 7.11 Å². The molecule has 0 radical (unpaired) electrons. The Morgan fingerprint density at radius 2 is 1.57 bits per heavy atom. The lowest BCUT2D eigenvalue weighted by Crippen LogP contribution is -2.21. The van der Waals surface area contributed by atoms with Crippen molar-refractivity contribution in [3.63, 3.8) is 0 Å². The van der Waals surface area contributed by atoms with Crippen molar-refractivity contribution in [3.05, 3.63) is 95.6 Å². The molecule has 0 amide bonds. The summed E-state index contributed by atoms with van der Waals surface area (Å²) >= 11 is 0. The number of rotatable bonds is 10. The molecule has 1 unspecified atom stereocenters. The normalized spacial score (nSPS) is 11.8. The Morgan fingerprint density at radius 1 is 0.857 bits per heavy atom. The van der Waals surface area contributed by atoms with Crippen LogP contribution in [0.25, 0.3) is 0 Å². The van der Waals surface area contributed by atoms with E-state index in [0.29, 0.717) is 19.7 Å². The van der Waals surface area contributed by atoms with Crippen molar-refractivity contribution in [2.75, 3.05) is 20.3 Å². The van der Waals surface area contributed by atoms with Crippen LogP contribution >= 0.6 is 0 Å². The number of nitrogens with one attached hydrogen (secondary N) is 1. The molecule has 28 heavy (non-hydrogen) atoms. The molecule has 146 valence electrons. The molecule has 0 aliphatic rings. The van der Waals surface area contributed by atoms with Crippen LogP contribution in [0.15, 0.2) is 78.9 Å². The number of benzene rings is 3. The molecule has 0 saturated heterocycles. The Labute approximate surface area is 166 Å². The number of hydrogen-bond donors (Lipinski definition) is 2. The first-order valence-corrected chi connectivity index (χ1v) is 9.53. The molecule has 3 aromatic carbocycles. The predicted octanol–water partition coefficient (Wildman–Crippen LogP) is 4.14. The second-order valence-corrected chi connectivity index (χ2v) is 6.63. The van der Waals surface area contributed by atoms with Crippen molar-refractivity contribution in [3.8, 4) is 11.5 Å². The fourth-order valence-corrected chi connectivity index (χ4v) is 3.01. The summed E-state index contributed by atoms with van der Waals surface area (Å²) < 4.78 is 11.4. The van der Waals surface area contributed by atoms with Gasteiger partial charge in [-0.25, -0.2) is 0 Å². The largest absolute Gasteiger partial charge is 0.493 e. The lowest BCUT2D eigenvalue weighted by molar-refractivity contribution is 0.174. The van der Waals surface area contributed by atoms with E-state index in [0.717, 1.165) is 29.0 Å². The van der Waals surface area contributed by atoms with Gasteiger partial charge in [-0.15, -0.1) is 0 Å². The molecule has 1 atom stereocenters. The Kier molecular flexibility index (Phi) is 7.47. The lowest BCUT2D eigenvalue weighted by Gasteiger charge is -2.14. The summed E-state index contributed by atoms with van der Waals surface area (Å²) in [5.41, 5.74) is 3.24. The van der Waals surface area contributed by atoms with Crippen molar-refractivity contribution in [1.29, 1.82) is 0 Å². The van der Waals surface area contributed by atoms with Gasteiger partial charge in [-0.05, 0) is 28.8 Å². The molecule has 0 bridgehead atoms. The highest BCUT2D eigenvalue weighted by Gasteiger charge is 2.08. The summed E-state index contributed by atoms with van der Waals surface area (Å²) in [5, 5.41) is 13.5. The molecular weight excluding hydrogens is 350 g/mol. The molecule has 2 N–H and O–H groups in total. The van der Waals surface area contributed by atoms with E-state index in [-0.39, 0.29) is 0 Å². The van der Waals surface area contributed by atoms with Crippen LogP contribution in [0.2, 0.25) is 0 Å². The van der Waals surface area contributed by atoms with Crippen molar-refractivity contribution >= 4 is 0 Å². The van der Waals surface area contributed by atoms with Gasteiger partial charge in [0, 0.05) is 19.5 Å². The van der Waals surface area contributed by atoms with Gasteiger partial charge < -0.3 is 19.9 Å². The fourth-order valence-electron chi connectivity index (χ4n) is 3.01. The average molecular weight is 377 g/mol. The van der Waals surface area contributed by atoms with Gasteiger partial charge in [-0.2, -0.15) is 0 Å². The third-order valence-corrected chi connectivity index (χ3v) is 4.57. The monoisotopic (exact) mass is 377 g/mol. The zero-order valence-corrected chi connectivity index (χ0v) is 16.2. The maximum Gasteiger partial charge on any atom is 0.161 e. The minimum Gasteiger partial charge on any atom is -0.493 e. The average Bonchev–Trinajstić information content (AvgIpc) is 2.75. The zero-order chi connectivity index (χ0) is 19.6. The molecule has 3 aromatic rings. The van der Waals surface area contributed by atoms with Crippen LogP contribution in [-0.4, -0.2) is 25.4 Å². The van der Waals surface area contributed by atoms with E-state index in [1.165, 1.54) is 5.56 Å². The van der Waals surface area contributed by atoms with Gasteiger partial charge in [0.1, 0.15) is 0 Å². The smallest absolute Gasteiger partial charge is 0.161 e. The van der Waals surface area contributed by atoms with Crippen molar-refractivity contribution in [2.45, 2.75) is 19.1 Å². The van der Waals surface area contributed by atoms with Gasteiger partial charge >= 0.3 is 0 Å². The quantitative estimate of drug-likeness (QED) is 0.558. The third-order valence-electron chi connectivity index (χ3n) is 4.57. The molecule has 4 heteroatoms. The summed E-state index contributed by atoms with van der Waals surface area (Å²) in [5.74, 6) is 1.46. The maximum atomic E-state index is 10.2. The minimum atomic E-state index is -0.524. The molecule has 0 saturated carbocycles. The highest BCUT2D eigenvalue weighted by molar-refractivity contribution is 5.43. The van der Waals surface area contributed by atoms with Gasteiger partial charge in [-0.1, -0.05) is 66.7 Å². The highest BCUT2D eigenvalue weighted by atomic mass is 16.5.